The van der Waals surface area contributed by atoms with E-state index in [0.717, 1.165) is 20.7 Å². The lowest BCUT2D eigenvalue weighted by Crippen LogP contribution is -2.28. The Hall–Kier alpha value is 0.250. The fraction of sp³-hybridized carbons (Fsp3) is 0.444. The molecule has 0 bridgehead atoms. The minimum atomic E-state index is 0.123. The molecule has 14 heavy (non-hydrogen) atoms. The molecule has 0 radical (unpaired) electrons. The molecule has 0 saturated heterocycles. The van der Waals surface area contributed by atoms with Gasteiger partial charge in [-0.2, -0.15) is 11.8 Å². The summed E-state index contributed by atoms with van der Waals surface area (Å²) in [6.07, 6.45) is 2.05. The molecule has 0 aromatic carbocycles. The second kappa shape index (κ2) is 5.97. The number of hydrogen-bond donors (Lipinski definition) is 0. The van der Waals surface area contributed by atoms with Gasteiger partial charge in [0, 0.05) is 24.7 Å². The maximum atomic E-state index is 11.8. The van der Waals surface area contributed by atoms with Gasteiger partial charge in [0.05, 0.1) is 8.45 Å². The highest BCUT2D eigenvalue weighted by Gasteiger charge is 2.12. The number of hydrogen-bond acceptors (Lipinski definition) is 3. The van der Waals surface area contributed by atoms with Gasteiger partial charge in [-0.15, -0.1) is 11.3 Å². The Morgan fingerprint density at radius 2 is 2.43 bits per heavy atom. The SMILES string of the molecule is CSCCN(C)C(=O)c1csc(I)c1. The molecule has 1 aromatic heterocycles. The van der Waals surface area contributed by atoms with Crippen LogP contribution in [-0.4, -0.2) is 36.4 Å². The van der Waals surface area contributed by atoms with E-state index in [4.69, 9.17) is 0 Å². The summed E-state index contributed by atoms with van der Waals surface area (Å²) < 4.78 is 1.16. The van der Waals surface area contributed by atoms with E-state index in [9.17, 15) is 4.79 Å². The smallest absolute Gasteiger partial charge is 0.254 e. The van der Waals surface area contributed by atoms with E-state index in [0.29, 0.717) is 0 Å². The number of nitrogens with zero attached hydrogens (tertiary/aromatic N) is 1. The van der Waals surface area contributed by atoms with E-state index in [-0.39, 0.29) is 5.91 Å². The lowest BCUT2D eigenvalue weighted by Gasteiger charge is -2.15. The van der Waals surface area contributed by atoms with Crippen LogP contribution in [-0.2, 0) is 0 Å². The molecule has 0 saturated carbocycles. The van der Waals surface area contributed by atoms with Crippen molar-refractivity contribution in [1.29, 1.82) is 0 Å². The van der Waals surface area contributed by atoms with Crippen LogP contribution < -0.4 is 0 Å². The first-order valence-corrected chi connectivity index (χ1v) is 7.49. The predicted octanol–water partition coefficient (Wildman–Crippen LogP) is 2.79. The standard InChI is InChI=1S/C9H12INOS2/c1-11(3-4-13-2)9(12)7-5-8(10)14-6-7/h5-6H,3-4H2,1-2H3. The first-order valence-electron chi connectivity index (χ1n) is 4.13. The second-order valence-corrected chi connectivity index (χ2v) is 6.65. The maximum Gasteiger partial charge on any atom is 0.254 e. The number of thiophene rings is 1. The Bertz CT molecular complexity index is 314. The molecule has 1 amide bonds. The van der Waals surface area contributed by atoms with Crippen molar-refractivity contribution in [2.24, 2.45) is 0 Å². The molecule has 0 spiro atoms. The summed E-state index contributed by atoms with van der Waals surface area (Å²) in [4.78, 5) is 13.6. The van der Waals surface area contributed by atoms with Gasteiger partial charge >= 0.3 is 0 Å². The summed E-state index contributed by atoms with van der Waals surface area (Å²) in [7, 11) is 1.85. The third-order valence-corrected chi connectivity index (χ3v) is 4.17. The van der Waals surface area contributed by atoms with Crippen molar-refractivity contribution in [3.8, 4) is 0 Å². The fourth-order valence-corrected chi connectivity index (χ4v) is 2.75. The topological polar surface area (TPSA) is 20.3 Å². The van der Waals surface area contributed by atoms with Crippen LogP contribution >= 0.6 is 45.7 Å². The molecular weight excluding hydrogens is 329 g/mol. The molecule has 0 fully saturated rings. The minimum Gasteiger partial charge on any atom is -0.341 e. The van der Waals surface area contributed by atoms with Crippen LogP contribution in [0.5, 0.6) is 0 Å². The predicted molar refractivity (Wildman–Crippen MR) is 72.4 cm³/mol. The van der Waals surface area contributed by atoms with E-state index >= 15 is 0 Å². The Balaban J connectivity index is 2.56. The zero-order valence-corrected chi connectivity index (χ0v) is 11.9. The lowest BCUT2D eigenvalue weighted by molar-refractivity contribution is 0.0804. The molecular formula is C9H12INOS2. The molecule has 0 N–H and O–H groups in total. The van der Waals surface area contributed by atoms with Crippen molar-refractivity contribution in [2.45, 2.75) is 0 Å². The van der Waals surface area contributed by atoms with Crippen LogP contribution in [0.25, 0.3) is 0 Å². The first-order chi connectivity index (χ1) is 6.65. The number of carbonyl (C=O) groups excluding carboxylic acids is 1. The molecule has 0 aliphatic heterocycles. The van der Waals surface area contributed by atoms with Crippen LogP contribution in [0.2, 0.25) is 0 Å². The Morgan fingerprint density at radius 3 is 2.93 bits per heavy atom. The zero-order chi connectivity index (χ0) is 10.6. The largest absolute Gasteiger partial charge is 0.341 e. The van der Waals surface area contributed by atoms with Gasteiger partial charge in [0.2, 0.25) is 0 Å². The van der Waals surface area contributed by atoms with Crippen molar-refractivity contribution in [1.82, 2.24) is 4.90 Å². The van der Waals surface area contributed by atoms with Crippen molar-refractivity contribution in [3.63, 3.8) is 0 Å². The van der Waals surface area contributed by atoms with Gasteiger partial charge in [0.1, 0.15) is 0 Å². The van der Waals surface area contributed by atoms with E-state index in [1.165, 1.54) is 0 Å². The van der Waals surface area contributed by atoms with E-state index < -0.39 is 0 Å². The molecule has 1 rings (SSSR count). The summed E-state index contributed by atoms with van der Waals surface area (Å²) in [6, 6.07) is 1.93. The van der Waals surface area contributed by atoms with Crippen molar-refractivity contribution >= 4 is 51.6 Å². The zero-order valence-electron chi connectivity index (χ0n) is 8.12. The summed E-state index contributed by atoms with van der Waals surface area (Å²) in [5, 5.41) is 1.92. The van der Waals surface area contributed by atoms with Crippen molar-refractivity contribution in [3.05, 3.63) is 19.9 Å². The lowest BCUT2D eigenvalue weighted by atomic mass is 10.3. The first kappa shape index (κ1) is 12.3. The summed E-state index contributed by atoms with van der Waals surface area (Å²) >= 11 is 5.59. The third-order valence-electron chi connectivity index (χ3n) is 1.79. The molecule has 0 atom stereocenters. The monoisotopic (exact) mass is 341 g/mol. The van der Waals surface area contributed by atoms with Gasteiger partial charge in [-0.1, -0.05) is 0 Å². The summed E-state index contributed by atoms with van der Waals surface area (Å²) in [5.41, 5.74) is 0.808. The molecule has 0 aliphatic carbocycles. The molecule has 78 valence electrons. The van der Waals surface area contributed by atoms with Gasteiger partial charge < -0.3 is 4.90 Å². The van der Waals surface area contributed by atoms with Gasteiger partial charge in [0.25, 0.3) is 5.91 Å². The molecule has 0 unspecified atom stereocenters. The van der Waals surface area contributed by atoms with Crippen LogP contribution in [0.4, 0.5) is 0 Å². The van der Waals surface area contributed by atoms with E-state index in [1.807, 2.05) is 24.7 Å². The molecule has 5 heteroatoms. The quantitative estimate of drug-likeness (QED) is 0.785. The van der Waals surface area contributed by atoms with Gasteiger partial charge in [-0.05, 0) is 34.9 Å². The Labute approximate surface area is 106 Å². The van der Waals surface area contributed by atoms with Crippen molar-refractivity contribution < 1.29 is 4.79 Å². The van der Waals surface area contributed by atoms with E-state index in [1.54, 1.807) is 28.0 Å². The molecule has 1 aromatic rings. The number of halogens is 1. The third kappa shape index (κ3) is 3.43. The van der Waals surface area contributed by atoms with Crippen LogP contribution in [0.3, 0.4) is 0 Å². The molecule has 0 aliphatic rings. The average molecular weight is 341 g/mol. The van der Waals surface area contributed by atoms with Gasteiger partial charge in [-0.3, -0.25) is 4.79 Å². The van der Waals surface area contributed by atoms with E-state index in [2.05, 4.69) is 22.6 Å². The number of amides is 1. The van der Waals surface area contributed by atoms with Crippen molar-refractivity contribution in [2.75, 3.05) is 25.6 Å². The summed E-state index contributed by atoms with van der Waals surface area (Å²) in [6.45, 7) is 0.812. The highest BCUT2D eigenvalue weighted by Crippen LogP contribution is 2.17. The fourth-order valence-electron chi connectivity index (χ4n) is 0.972. The summed E-state index contributed by atoms with van der Waals surface area (Å²) in [5.74, 6) is 1.11. The second-order valence-electron chi connectivity index (χ2n) is 2.86. The van der Waals surface area contributed by atoms with Gasteiger partial charge in [0.15, 0.2) is 0 Å². The molecule has 2 nitrogen and oxygen atoms in total. The van der Waals surface area contributed by atoms with Gasteiger partial charge in [-0.25, -0.2) is 0 Å². The number of rotatable bonds is 4. The average Bonchev–Trinajstić information content (AvgIpc) is 2.60. The van der Waals surface area contributed by atoms with Crippen LogP contribution in [0.15, 0.2) is 11.4 Å². The number of carbonyl (C=O) groups is 1. The molecule has 1 heterocycles. The number of thioether (sulfide) groups is 1. The highest BCUT2D eigenvalue weighted by atomic mass is 127. The Morgan fingerprint density at radius 1 is 1.71 bits per heavy atom. The minimum absolute atomic E-state index is 0.123. The van der Waals surface area contributed by atoms with Crippen LogP contribution in [0, 0.1) is 2.88 Å². The highest BCUT2D eigenvalue weighted by molar-refractivity contribution is 14.1. The van der Waals surface area contributed by atoms with Crippen LogP contribution in [0.1, 0.15) is 10.4 Å². The normalized spacial score (nSPS) is 10.2. The maximum absolute atomic E-state index is 11.8. The Kier molecular flexibility index (Phi) is 5.25.